The molecule has 26 heavy (non-hydrogen) atoms. The maximum Gasteiger partial charge on any atom is 0.263 e. The van der Waals surface area contributed by atoms with E-state index in [2.05, 4.69) is 24.4 Å². The van der Waals surface area contributed by atoms with Crippen LogP contribution in [0.15, 0.2) is 17.7 Å². The number of nitrogens with two attached hydrogens (primary N) is 1. The van der Waals surface area contributed by atoms with Gasteiger partial charge < -0.3 is 11.1 Å². The number of carbonyl (C=O) groups excluding carboxylic acids is 1. The summed E-state index contributed by atoms with van der Waals surface area (Å²) in [6.07, 6.45) is 11.5. The lowest BCUT2D eigenvalue weighted by Crippen LogP contribution is -2.24. The molecule has 2 aliphatic rings. The number of carbonyl (C=O) groups is 1. The smallest absolute Gasteiger partial charge is 0.263 e. The van der Waals surface area contributed by atoms with Gasteiger partial charge in [0.05, 0.1) is 5.69 Å². The van der Waals surface area contributed by atoms with E-state index in [0.717, 1.165) is 29.5 Å². The second-order valence-electron chi connectivity index (χ2n) is 7.75. The Kier molecular flexibility index (Phi) is 4.98. The number of aromatic nitrogens is 1. The molecule has 0 aromatic carbocycles. The van der Waals surface area contributed by atoms with Gasteiger partial charge in [0.1, 0.15) is 9.71 Å². The third kappa shape index (κ3) is 3.50. The van der Waals surface area contributed by atoms with Crippen LogP contribution in [0.3, 0.4) is 0 Å². The normalized spacial score (nSPS) is 19.9. The first-order valence-electron chi connectivity index (χ1n) is 9.78. The molecular weight excluding hydrogens is 342 g/mol. The quantitative estimate of drug-likeness (QED) is 0.773. The maximum absolute atomic E-state index is 12.6. The summed E-state index contributed by atoms with van der Waals surface area (Å²) < 4.78 is 0. The number of nitrogens with zero attached hydrogens (tertiary/aromatic N) is 1. The van der Waals surface area contributed by atoms with Gasteiger partial charge in [0.15, 0.2) is 0 Å². The Morgan fingerprint density at radius 1 is 1.38 bits per heavy atom. The molecule has 1 amide bonds. The van der Waals surface area contributed by atoms with Crippen LogP contribution in [-0.4, -0.2) is 17.4 Å². The fraction of sp³-hybridized carbons (Fsp3) is 0.524. The minimum Gasteiger partial charge on any atom is -0.397 e. The van der Waals surface area contributed by atoms with Crippen LogP contribution in [0.4, 0.5) is 5.69 Å². The molecule has 1 atom stereocenters. The van der Waals surface area contributed by atoms with E-state index in [9.17, 15) is 4.79 Å². The SMILES string of the molecule is CC1CCc2nc3sc(C(=O)NCCC4=CCCCC4)c(N)c3cc2C1. The molecule has 0 bridgehead atoms. The summed E-state index contributed by atoms with van der Waals surface area (Å²) in [5.74, 6) is 0.631. The summed E-state index contributed by atoms with van der Waals surface area (Å²) in [6.45, 7) is 2.96. The molecule has 0 spiro atoms. The second-order valence-corrected chi connectivity index (χ2v) is 8.75. The van der Waals surface area contributed by atoms with Gasteiger partial charge in [0.2, 0.25) is 0 Å². The molecule has 0 aliphatic heterocycles. The van der Waals surface area contributed by atoms with Gasteiger partial charge in [-0.25, -0.2) is 4.98 Å². The number of hydrogen-bond acceptors (Lipinski definition) is 4. The molecule has 2 aliphatic carbocycles. The van der Waals surface area contributed by atoms with E-state index in [1.807, 2.05) is 0 Å². The van der Waals surface area contributed by atoms with E-state index >= 15 is 0 Å². The summed E-state index contributed by atoms with van der Waals surface area (Å²) >= 11 is 1.43. The van der Waals surface area contributed by atoms with Gasteiger partial charge in [-0.2, -0.15) is 0 Å². The van der Waals surface area contributed by atoms with Gasteiger partial charge in [-0.3, -0.25) is 4.79 Å². The second kappa shape index (κ2) is 7.39. The fourth-order valence-corrected chi connectivity index (χ4v) is 5.10. The van der Waals surface area contributed by atoms with Crippen LogP contribution in [0.2, 0.25) is 0 Å². The predicted molar refractivity (Wildman–Crippen MR) is 109 cm³/mol. The Morgan fingerprint density at radius 2 is 2.27 bits per heavy atom. The van der Waals surface area contributed by atoms with Gasteiger partial charge in [-0.05, 0) is 68.9 Å². The third-order valence-electron chi connectivity index (χ3n) is 5.65. The first-order valence-corrected chi connectivity index (χ1v) is 10.6. The van der Waals surface area contributed by atoms with E-state index in [4.69, 9.17) is 10.7 Å². The van der Waals surface area contributed by atoms with Crippen LogP contribution in [-0.2, 0) is 12.8 Å². The van der Waals surface area contributed by atoms with E-state index in [0.29, 0.717) is 23.0 Å². The number of hydrogen-bond donors (Lipinski definition) is 2. The number of aryl methyl sites for hydroxylation is 1. The van der Waals surface area contributed by atoms with Gasteiger partial charge in [-0.1, -0.05) is 18.6 Å². The van der Waals surface area contributed by atoms with Crippen LogP contribution in [0.1, 0.15) is 66.4 Å². The van der Waals surface area contributed by atoms with Crippen LogP contribution < -0.4 is 11.1 Å². The average molecular weight is 370 g/mol. The third-order valence-corrected chi connectivity index (χ3v) is 6.77. The molecule has 5 heteroatoms. The van der Waals surface area contributed by atoms with Crippen molar-refractivity contribution in [2.24, 2.45) is 5.92 Å². The lowest BCUT2D eigenvalue weighted by atomic mass is 9.87. The number of amides is 1. The highest BCUT2D eigenvalue weighted by molar-refractivity contribution is 7.21. The van der Waals surface area contributed by atoms with Crippen LogP contribution in [0.25, 0.3) is 10.2 Å². The largest absolute Gasteiger partial charge is 0.397 e. The Bertz CT molecular complexity index is 868. The first-order chi connectivity index (χ1) is 12.6. The highest BCUT2D eigenvalue weighted by Gasteiger charge is 2.22. The van der Waals surface area contributed by atoms with Crippen molar-refractivity contribution in [3.05, 3.63) is 33.9 Å². The summed E-state index contributed by atoms with van der Waals surface area (Å²) in [7, 11) is 0. The Labute approximate surface area is 158 Å². The standard InChI is InChI=1S/C21H27N3OS/c1-13-7-8-17-15(11-13)12-16-18(22)19(26-21(16)24-17)20(25)23-10-9-14-5-3-2-4-6-14/h5,12-13H,2-4,6-11,22H2,1H3,(H,23,25). The van der Waals surface area contributed by atoms with E-state index in [1.54, 1.807) is 0 Å². The molecule has 2 heterocycles. The van der Waals surface area contributed by atoms with Crippen molar-refractivity contribution in [2.45, 2.75) is 58.3 Å². The zero-order valence-corrected chi connectivity index (χ0v) is 16.3. The Morgan fingerprint density at radius 3 is 3.08 bits per heavy atom. The van der Waals surface area contributed by atoms with Crippen molar-refractivity contribution >= 4 is 33.1 Å². The van der Waals surface area contributed by atoms with Crippen molar-refractivity contribution in [2.75, 3.05) is 12.3 Å². The Balaban J connectivity index is 1.50. The fourth-order valence-electron chi connectivity index (χ4n) is 4.09. The average Bonchev–Trinajstić information content (AvgIpc) is 2.97. The van der Waals surface area contributed by atoms with Crippen LogP contribution in [0.5, 0.6) is 0 Å². The minimum atomic E-state index is -0.0618. The monoisotopic (exact) mass is 369 g/mol. The number of pyridine rings is 1. The number of nitrogens with one attached hydrogen (secondary N) is 1. The first kappa shape index (κ1) is 17.5. The molecule has 0 saturated carbocycles. The zero-order chi connectivity index (χ0) is 18.1. The number of anilines is 1. The van der Waals surface area contributed by atoms with E-state index in [1.165, 1.54) is 60.3 Å². The molecule has 0 fully saturated rings. The van der Waals surface area contributed by atoms with Crippen LogP contribution >= 0.6 is 11.3 Å². The van der Waals surface area contributed by atoms with Gasteiger partial charge in [0, 0.05) is 17.6 Å². The zero-order valence-electron chi connectivity index (χ0n) is 15.4. The summed E-state index contributed by atoms with van der Waals surface area (Å²) in [6, 6.07) is 2.17. The molecule has 0 saturated heterocycles. The molecule has 4 nitrogen and oxygen atoms in total. The predicted octanol–water partition coefficient (Wildman–Crippen LogP) is 4.62. The minimum absolute atomic E-state index is 0.0618. The molecule has 4 rings (SSSR count). The number of fused-ring (bicyclic) bond motifs is 2. The number of nitrogen functional groups attached to an aromatic ring is 1. The topological polar surface area (TPSA) is 68.0 Å². The molecule has 138 valence electrons. The molecular formula is C21H27N3OS. The van der Waals surface area contributed by atoms with Gasteiger partial charge >= 0.3 is 0 Å². The molecule has 3 N–H and O–H groups in total. The summed E-state index contributed by atoms with van der Waals surface area (Å²) in [5.41, 5.74) is 10.9. The van der Waals surface area contributed by atoms with Crippen molar-refractivity contribution in [1.29, 1.82) is 0 Å². The molecule has 2 aromatic rings. The molecule has 1 unspecified atom stereocenters. The number of thiophene rings is 1. The lowest BCUT2D eigenvalue weighted by Gasteiger charge is -2.20. The highest BCUT2D eigenvalue weighted by Crippen LogP contribution is 2.36. The van der Waals surface area contributed by atoms with E-state index in [-0.39, 0.29) is 5.91 Å². The Hall–Kier alpha value is -1.88. The summed E-state index contributed by atoms with van der Waals surface area (Å²) in [4.78, 5) is 19.0. The van der Waals surface area contributed by atoms with Crippen LogP contribution in [0, 0.1) is 5.92 Å². The molecule has 2 aromatic heterocycles. The van der Waals surface area contributed by atoms with Crippen molar-refractivity contribution < 1.29 is 4.79 Å². The highest BCUT2D eigenvalue weighted by atomic mass is 32.1. The number of allylic oxidation sites excluding steroid dienone is 1. The van der Waals surface area contributed by atoms with Gasteiger partial charge in [0.25, 0.3) is 5.91 Å². The van der Waals surface area contributed by atoms with E-state index < -0.39 is 0 Å². The van der Waals surface area contributed by atoms with Crippen molar-refractivity contribution in [3.8, 4) is 0 Å². The van der Waals surface area contributed by atoms with Gasteiger partial charge in [-0.15, -0.1) is 11.3 Å². The summed E-state index contributed by atoms with van der Waals surface area (Å²) in [5, 5.41) is 3.99. The number of rotatable bonds is 4. The van der Waals surface area contributed by atoms with Crippen molar-refractivity contribution in [3.63, 3.8) is 0 Å². The molecule has 0 radical (unpaired) electrons. The lowest BCUT2D eigenvalue weighted by molar-refractivity contribution is 0.0959. The van der Waals surface area contributed by atoms with Crippen molar-refractivity contribution in [1.82, 2.24) is 10.3 Å². The maximum atomic E-state index is 12.6.